The Kier molecular flexibility index (Phi) is 5.59. The minimum atomic E-state index is -3.69. The number of piperazine rings is 1. The van der Waals surface area contributed by atoms with Crippen molar-refractivity contribution in [3.8, 4) is 11.5 Å². The highest BCUT2D eigenvalue weighted by molar-refractivity contribution is 7.89. The lowest BCUT2D eigenvalue weighted by molar-refractivity contribution is -0.114. The number of hydrogen-bond acceptors (Lipinski definition) is 7. The molecule has 0 radical (unpaired) electrons. The molecule has 0 aliphatic carbocycles. The molecule has 174 valence electrons. The van der Waals surface area contributed by atoms with Crippen molar-refractivity contribution in [1.29, 1.82) is 0 Å². The van der Waals surface area contributed by atoms with E-state index in [9.17, 15) is 18.0 Å². The first kappa shape index (κ1) is 21.9. The van der Waals surface area contributed by atoms with Crippen LogP contribution in [0.4, 0.5) is 5.69 Å². The van der Waals surface area contributed by atoms with Crippen LogP contribution in [0.25, 0.3) is 0 Å². The van der Waals surface area contributed by atoms with Gasteiger partial charge in [0.15, 0.2) is 11.5 Å². The van der Waals surface area contributed by atoms with E-state index in [0.29, 0.717) is 49.1 Å². The summed E-state index contributed by atoms with van der Waals surface area (Å²) in [5.41, 5.74) is 1.96. The molecule has 10 heteroatoms. The summed E-state index contributed by atoms with van der Waals surface area (Å²) in [5, 5.41) is 0. The first-order valence-corrected chi connectivity index (χ1v) is 12.4. The fourth-order valence-corrected chi connectivity index (χ4v) is 5.76. The summed E-state index contributed by atoms with van der Waals surface area (Å²) in [7, 11) is -3.69. The van der Waals surface area contributed by atoms with Gasteiger partial charge in [-0.05, 0) is 31.2 Å². The molecular weight excluding hydrogens is 446 g/mol. The summed E-state index contributed by atoms with van der Waals surface area (Å²) in [6.45, 7) is 4.61. The van der Waals surface area contributed by atoms with Crippen molar-refractivity contribution in [2.45, 2.75) is 18.2 Å². The van der Waals surface area contributed by atoms with E-state index in [4.69, 9.17) is 9.47 Å². The normalized spacial score (nSPS) is 19.5. The van der Waals surface area contributed by atoms with Gasteiger partial charge >= 0.3 is 5.91 Å². The fraction of sp³-hybridized carbons (Fsp3) is 0.391. The van der Waals surface area contributed by atoms with Gasteiger partial charge in [0.1, 0.15) is 0 Å². The molecule has 5 rings (SSSR count). The summed E-state index contributed by atoms with van der Waals surface area (Å²) in [5.74, 6) is -0.0444. The second-order valence-corrected chi connectivity index (χ2v) is 10.3. The Morgan fingerprint density at radius 2 is 1.64 bits per heavy atom. The Morgan fingerprint density at radius 1 is 0.909 bits per heavy atom. The summed E-state index contributed by atoms with van der Waals surface area (Å²) in [6, 6.07) is 10.1. The first-order valence-electron chi connectivity index (χ1n) is 10.9. The maximum atomic E-state index is 13.2. The number of ether oxygens (including phenoxy) is 2. The number of rotatable bonds is 4. The zero-order valence-electron chi connectivity index (χ0n) is 18.3. The minimum absolute atomic E-state index is 0.171. The number of ketones is 1. The molecule has 9 nitrogen and oxygen atoms in total. The summed E-state index contributed by atoms with van der Waals surface area (Å²) >= 11 is 0. The van der Waals surface area contributed by atoms with Gasteiger partial charge in [-0.25, -0.2) is 8.42 Å². The van der Waals surface area contributed by atoms with Crippen LogP contribution >= 0.6 is 0 Å². The van der Waals surface area contributed by atoms with Gasteiger partial charge in [-0.15, -0.1) is 0 Å². The number of nitrogens with zero attached hydrogens (tertiary/aromatic N) is 3. The Labute approximate surface area is 192 Å². The molecule has 0 unspecified atom stereocenters. The standard InChI is InChI=1S/C23H25N3O6S/c1-16-3-5-19-18(13-16)22(27)23(28)26(19)15-24-7-9-25(10-8-24)33(29,30)17-4-6-20-21(14-17)32-12-2-11-31-20/h3-6,13-14H,2,7-12,15H2,1H3. The zero-order valence-corrected chi connectivity index (χ0v) is 19.1. The lowest BCUT2D eigenvalue weighted by atomic mass is 10.1. The molecule has 0 saturated carbocycles. The van der Waals surface area contributed by atoms with E-state index < -0.39 is 21.7 Å². The van der Waals surface area contributed by atoms with Gasteiger partial charge in [0.2, 0.25) is 10.0 Å². The molecule has 0 N–H and O–H groups in total. The number of carbonyl (C=O) groups is 2. The molecule has 33 heavy (non-hydrogen) atoms. The van der Waals surface area contributed by atoms with Gasteiger partial charge in [0, 0.05) is 38.7 Å². The molecule has 2 aromatic rings. The first-order chi connectivity index (χ1) is 15.8. The van der Waals surface area contributed by atoms with Crippen molar-refractivity contribution < 1.29 is 27.5 Å². The van der Waals surface area contributed by atoms with Crippen molar-refractivity contribution in [3.05, 3.63) is 47.5 Å². The molecule has 0 bridgehead atoms. The van der Waals surface area contributed by atoms with Crippen molar-refractivity contribution in [3.63, 3.8) is 0 Å². The number of Topliss-reactive ketones (excluding diaryl/α,β-unsaturated/α-hetero) is 1. The molecule has 3 aliphatic rings. The summed E-state index contributed by atoms with van der Waals surface area (Å²) in [6.07, 6.45) is 0.744. The van der Waals surface area contributed by atoms with Crippen LogP contribution < -0.4 is 14.4 Å². The van der Waals surface area contributed by atoms with E-state index in [0.717, 1.165) is 12.0 Å². The fourth-order valence-electron chi connectivity index (χ4n) is 4.32. The minimum Gasteiger partial charge on any atom is -0.490 e. The summed E-state index contributed by atoms with van der Waals surface area (Å²) < 4.78 is 39.1. The van der Waals surface area contributed by atoms with Crippen LogP contribution in [-0.2, 0) is 14.8 Å². The number of aryl methyl sites for hydroxylation is 1. The van der Waals surface area contributed by atoms with E-state index in [1.54, 1.807) is 24.3 Å². The third-order valence-electron chi connectivity index (χ3n) is 6.16. The van der Waals surface area contributed by atoms with Gasteiger partial charge in [-0.3, -0.25) is 19.4 Å². The van der Waals surface area contributed by atoms with Crippen LogP contribution in [0.2, 0.25) is 0 Å². The van der Waals surface area contributed by atoms with Crippen molar-refractivity contribution >= 4 is 27.4 Å². The molecule has 2 aromatic carbocycles. The van der Waals surface area contributed by atoms with Gasteiger partial charge in [-0.1, -0.05) is 11.6 Å². The molecular formula is C23H25N3O6S. The van der Waals surface area contributed by atoms with Crippen LogP contribution in [0.1, 0.15) is 22.3 Å². The lowest BCUT2D eigenvalue weighted by Crippen LogP contribution is -2.52. The zero-order chi connectivity index (χ0) is 23.2. The molecule has 3 aliphatic heterocycles. The number of hydrogen-bond donors (Lipinski definition) is 0. The molecule has 3 heterocycles. The maximum Gasteiger partial charge on any atom is 0.300 e. The van der Waals surface area contributed by atoms with Crippen LogP contribution in [0.15, 0.2) is 41.3 Å². The van der Waals surface area contributed by atoms with Crippen molar-refractivity contribution in [2.75, 3.05) is 51.0 Å². The average molecular weight is 472 g/mol. The number of benzene rings is 2. The van der Waals surface area contributed by atoms with Gasteiger partial charge in [-0.2, -0.15) is 4.31 Å². The van der Waals surface area contributed by atoms with Crippen LogP contribution in [-0.4, -0.2) is 75.4 Å². The molecule has 1 fully saturated rings. The van der Waals surface area contributed by atoms with Gasteiger partial charge < -0.3 is 9.47 Å². The van der Waals surface area contributed by atoms with E-state index in [1.165, 1.54) is 15.3 Å². The van der Waals surface area contributed by atoms with Crippen LogP contribution in [0.5, 0.6) is 11.5 Å². The summed E-state index contributed by atoms with van der Waals surface area (Å²) in [4.78, 5) is 28.5. The number of anilines is 1. The Balaban J connectivity index is 1.26. The number of carbonyl (C=O) groups excluding carboxylic acids is 2. The van der Waals surface area contributed by atoms with Gasteiger partial charge in [0.05, 0.1) is 36.0 Å². The predicted octanol–water partition coefficient (Wildman–Crippen LogP) is 1.65. The van der Waals surface area contributed by atoms with Crippen LogP contribution in [0.3, 0.4) is 0 Å². The Bertz CT molecular complexity index is 1220. The van der Waals surface area contributed by atoms with Gasteiger partial charge in [0.25, 0.3) is 5.78 Å². The number of amides is 1. The molecule has 1 amide bonds. The van der Waals surface area contributed by atoms with Crippen molar-refractivity contribution in [2.24, 2.45) is 0 Å². The van der Waals surface area contributed by atoms with E-state index in [-0.39, 0.29) is 24.7 Å². The van der Waals surface area contributed by atoms with E-state index in [2.05, 4.69) is 0 Å². The smallest absolute Gasteiger partial charge is 0.300 e. The van der Waals surface area contributed by atoms with E-state index >= 15 is 0 Å². The second kappa shape index (κ2) is 8.44. The molecule has 0 atom stereocenters. The topological polar surface area (TPSA) is 96.5 Å². The highest BCUT2D eigenvalue weighted by Gasteiger charge is 2.38. The Hall–Kier alpha value is -2.95. The van der Waals surface area contributed by atoms with E-state index in [1.807, 2.05) is 17.9 Å². The quantitative estimate of drug-likeness (QED) is 0.626. The monoisotopic (exact) mass is 471 g/mol. The molecule has 0 aromatic heterocycles. The highest BCUT2D eigenvalue weighted by atomic mass is 32.2. The highest BCUT2D eigenvalue weighted by Crippen LogP contribution is 2.33. The largest absolute Gasteiger partial charge is 0.490 e. The Morgan fingerprint density at radius 3 is 2.39 bits per heavy atom. The van der Waals surface area contributed by atoms with Crippen LogP contribution in [0, 0.1) is 6.92 Å². The third-order valence-corrected chi connectivity index (χ3v) is 8.05. The number of fused-ring (bicyclic) bond motifs is 2. The number of sulfonamides is 1. The SMILES string of the molecule is Cc1ccc2c(c1)C(=O)C(=O)N2CN1CCN(S(=O)(=O)c2ccc3c(c2)OCCCO3)CC1. The molecule has 0 spiro atoms. The molecule has 1 saturated heterocycles. The lowest BCUT2D eigenvalue weighted by Gasteiger charge is -2.35. The second-order valence-electron chi connectivity index (χ2n) is 8.41. The maximum absolute atomic E-state index is 13.2. The third kappa shape index (κ3) is 3.98. The van der Waals surface area contributed by atoms with Crippen molar-refractivity contribution in [1.82, 2.24) is 9.21 Å². The predicted molar refractivity (Wildman–Crippen MR) is 120 cm³/mol. The average Bonchev–Trinajstić information content (AvgIpc) is 2.97.